The highest BCUT2D eigenvalue weighted by atomic mass is 35.5. The molecule has 0 spiro atoms. The first-order valence-electron chi connectivity index (χ1n) is 12.6. The molecule has 0 aliphatic heterocycles. The van der Waals surface area contributed by atoms with Gasteiger partial charge in [0.05, 0.1) is 12.9 Å². The van der Waals surface area contributed by atoms with E-state index in [1.165, 1.54) is 11.8 Å². The molecular formula is C30H34Cl2N2O3S. The summed E-state index contributed by atoms with van der Waals surface area (Å²) in [7, 11) is 1.61. The Morgan fingerprint density at radius 2 is 1.74 bits per heavy atom. The molecule has 38 heavy (non-hydrogen) atoms. The summed E-state index contributed by atoms with van der Waals surface area (Å²) in [6.45, 7) is 4.27. The van der Waals surface area contributed by atoms with Crippen molar-refractivity contribution in [2.45, 2.75) is 51.1 Å². The molecule has 2 atom stereocenters. The van der Waals surface area contributed by atoms with Crippen LogP contribution in [0, 0.1) is 0 Å². The van der Waals surface area contributed by atoms with Crippen LogP contribution in [0.5, 0.6) is 5.75 Å². The zero-order chi connectivity index (χ0) is 27.5. The number of hydrogen-bond acceptors (Lipinski definition) is 4. The van der Waals surface area contributed by atoms with Crippen LogP contribution in [-0.2, 0) is 28.3 Å². The third-order valence-electron chi connectivity index (χ3n) is 6.26. The smallest absolute Gasteiger partial charge is 0.243 e. The van der Waals surface area contributed by atoms with Crippen LogP contribution in [0.4, 0.5) is 0 Å². The van der Waals surface area contributed by atoms with Gasteiger partial charge in [0.1, 0.15) is 11.8 Å². The van der Waals surface area contributed by atoms with Crippen molar-refractivity contribution in [2.24, 2.45) is 0 Å². The number of hydrogen-bond donors (Lipinski definition) is 1. The molecule has 1 N–H and O–H groups in total. The molecule has 202 valence electrons. The van der Waals surface area contributed by atoms with E-state index in [1.54, 1.807) is 24.1 Å². The summed E-state index contributed by atoms with van der Waals surface area (Å²) in [6, 6.07) is 22.0. The third kappa shape index (κ3) is 8.97. The van der Waals surface area contributed by atoms with Crippen LogP contribution in [0.25, 0.3) is 0 Å². The molecule has 2 amide bonds. The Bertz CT molecular complexity index is 1210. The van der Waals surface area contributed by atoms with Gasteiger partial charge < -0.3 is 15.0 Å². The van der Waals surface area contributed by atoms with E-state index in [0.29, 0.717) is 28.0 Å². The Labute approximate surface area is 239 Å². The van der Waals surface area contributed by atoms with E-state index in [2.05, 4.69) is 5.32 Å². The van der Waals surface area contributed by atoms with Crippen LogP contribution < -0.4 is 10.1 Å². The van der Waals surface area contributed by atoms with Gasteiger partial charge in [0, 0.05) is 34.8 Å². The van der Waals surface area contributed by atoms with Gasteiger partial charge in [-0.3, -0.25) is 9.59 Å². The quantitative estimate of drug-likeness (QED) is 0.245. The molecule has 3 aromatic carbocycles. The number of nitrogens with one attached hydrogen (secondary N) is 1. The molecule has 0 aliphatic rings. The Balaban J connectivity index is 1.88. The second-order valence-corrected chi connectivity index (χ2v) is 11.0. The average Bonchev–Trinajstić information content (AvgIpc) is 2.92. The summed E-state index contributed by atoms with van der Waals surface area (Å²) in [5.41, 5.74) is 2.78. The molecule has 0 bridgehead atoms. The fourth-order valence-electron chi connectivity index (χ4n) is 3.93. The lowest BCUT2D eigenvalue weighted by Crippen LogP contribution is -2.52. The van der Waals surface area contributed by atoms with Gasteiger partial charge in [-0.2, -0.15) is 0 Å². The summed E-state index contributed by atoms with van der Waals surface area (Å²) < 4.78 is 5.39. The molecule has 0 aromatic heterocycles. The molecule has 5 nitrogen and oxygen atoms in total. The number of halogens is 2. The number of nitrogens with zero attached hydrogens (tertiary/aromatic N) is 1. The number of amides is 2. The van der Waals surface area contributed by atoms with Crippen LogP contribution >= 0.6 is 35.0 Å². The zero-order valence-corrected chi connectivity index (χ0v) is 24.3. The van der Waals surface area contributed by atoms with E-state index >= 15 is 0 Å². The third-order valence-corrected chi connectivity index (χ3v) is 7.81. The van der Waals surface area contributed by atoms with Crippen molar-refractivity contribution < 1.29 is 14.3 Å². The molecule has 0 saturated heterocycles. The van der Waals surface area contributed by atoms with Crippen LogP contribution in [0.2, 0.25) is 10.0 Å². The largest absolute Gasteiger partial charge is 0.497 e. The molecule has 3 aromatic rings. The van der Waals surface area contributed by atoms with Crippen molar-refractivity contribution >= 4 is 46.8 Å². The predicted molar refractivity (Wildman–Crippen MR) is 158 cm³/mol. The molecule has 0 saturated carbocycles. The highest BCUT2D eigenvalue weighted by Crippen LogP contribution is 2.26. The SMILES string of the molecule is CC[C@@H](C)NC(=O)[C@H](Cc1ccccc1)N(Cc1cccc(OC)c1)C(=O)CSCc1ccc(Cl)cc1Cl. The van der Waals surface area contributed by atoms with Crippen molar-refractivity contribution in [3.8, 4) is 5.75 Å². The average molecular weight is 574 g/mol. The highest BCUT2D eigenvalue weighted by Gasteiger charge is 2.31. The van der Waals surface area contributed by atoms with Gasteiger partial charge >= 0.3 is 0 Å². The maximum absolute atomic E-state index is 13.8. The monoisotopic (exact) mass is 572 g/mol. The second kappa shape index (κ2) is 15.1. The minimum atomic E-state index is -0.676. The van der Waals surface area contributed by atoms with Gasteiger partial charge in [-0.15, -0.1) is 11.8 Å². The Morgan fingerprint density at radius 1 is 1.00 bits per heavy atom. The molecule has 8 heteroatoms. The van der Waals surface area contributed by atoms with E-state index in [4.69, 9.17) is 27.9 Å². The van der Waals surface area contributed by atoms with Gasteiger partial charge in [-0.1, -0.05) is 78.7 Å². The molecule has 3 rings (SSSR count). The van der Waals surface area contributed by atoms with E-state index in [1.807, 2.05) is 74.5 Å². The molecular weight excluding hydrogens is 539 g/mol. The summed E-state index contributed by atoms with van der Waals surface area (Å²) in [5, 5.41) is 4.23. The second-order valence-electron chi connectivity index (χ2n) is 9.13. The highest BCUT2D eigenvalue weighted by molar-refractivity contribution is 7.99. The van der Waals surface area contributed by atoms with Gasteiger partial charge in [-0.25, -0.2) is 0 Å². The number of benzene rings is 3. The van der Waals surface area contributed by atoms with E-state index in [0.717, 1.165) is 23.1 Å². The molecule has 0 heterocycles. The lowest BCUT2D eigenvalue weighted by molar-refractivity contribution is -0.139. The van der Waals surface area contributed by atoms with Gasteiger partial charge in [0.15, 0.2) is 0 Å². The number of ether oxygens (including phenoxy) is 1. The molecule has 0 fully saturated rings. The summed E-state index contributed by atoms with van der Waals surface area (Å²) >= 11 is 13.8. The summed E-state index contributed by atoms with van der Waals surface area (Å²) in [6.07, 6.45) is 1.21. The van der Waals surface area contributed by atoms with Crippen molar-refractivity contribution in [3.63, 3.8) is 0 Å². The Kier molecular flexibility index (Phi) is 11.8. The van der Waals surface area contributed by atoms with E-state index in [-0.39, 0.29) is 30.2 Å². The number of carbonyl (C=O) groups excluding carboxylic acids is 2. The van der Waals surface area contributed by atoms with Crippen molar-refractivity contribution in [1.82, 2.24) is 10.2 Å². The van der Waals surface area contributed by atoms with Crippen LogP contribution in [0.3, 0.4) is 0 Å². The number of rotatable bonds is 13. The van der Waals surface area contributed by atoms with Gasteiger partial charge in [-0.05, 0) is 54.3 Å². The molecule has 0 aliphatic carbocycles. The molecule has 0 unspecified atom stereocenters. The minimum Gasteiger partial charge on any atom is -0.497 e. The number of carbonyl (C=O) groups is 2. The molecule has 0 radical (unpaired) electrons. The minimum absolute atomic E-state index is 0.00373. The van der Waals surface area contributed by atoms with Crippen molar-refractivity contribution in [1.29, 1.82) is 0 Å². The normalized spacial score (nSPS) is 12.4. The zero-order valence-electron chi connectivity index (χ0n) is 22.0. The fourth-order valence-corrected chi connectivity index (χ4v) is 5.40. The van der Waals surface area contributed by atoms with Crippen molar-refractivity contribution in [3.05, 3.63) is 99.5 Å². The number of thioether (sulfide) groups is 1. The lowest BCUT2D eigenvalue weighted by Gasteiger charge is -2.32. The fraction of sp³-hybridized carbons (Fsp3) is 0.333. The topological polar surface area (TPSA) is 58.6 Å². The van der Waals surface area contributed by atoms with Gasteiger partial charge in [0.2, 0.25) is 11.8 Å². The maximum Gasteiger partial charge on any atom is 0.243 e. The summed E-state index contributed by atoms with van der Waals surface area (Å²) in [5.74, 6) is 1.17. The Morgan fingerprint density at radius 3 is 2.42 bits per heavy atom. The van der Waals surface area contributed by atoms with Crippen molar-refractivity contribution in [2.75, 3.05) is 12.9 Å². The standard InChI is InChI=1S/C30H34Cl2N2O3S/c1-4-21(2)33-30(36)28(16-22-9-6-5-7-10-22)34(18-23-11-8-12-26(15-23)37-3)29(35)20-38-19-24-13-14-25(31)17-27(24)32/h5-15,17,21,28H,4,16,18-20H2,1-3H3,(H,33,36)/t21-,28+/m1/s1. The lowest BCUT2D eigenvalue weighted by atomic mass is 10.0. The van der Waals surface area contributed by atoms with Crippen LogP contribution in [0.1, 0.15) is 37.0 Å². The Hall–Kier alpha value is -2.67. The first-order valence-corrected chi connectivity index (χ1v) is 14.5. The maximum atomic E-state index is 13.8. The predicted octanol–water partition coefficient (Wildman–Crippen LogP) is 6.79. The summed E-state index contributed by atoms with van der Waals surface area (Å²) in [4.78, 5) is 29.0. The first-order chi connectivity index (χ1) is 18.3. The van der Waals surface area contributed by atoms with Crippen LogP contribution in [-0.4, -0.2) is 41.7 Å². The van der Waals surface area contributed by atoms with E-state index in [9.17, 15) is 9.59 Å². The van der Waals surface area contributed by atoms with Gasteiger partial charge in [0.25, 0.3) is 0 Å². The number of methoxy groups -OCH3 is 1. The first kappa shape index (κ1) is 29.9. The van der Waals surface area contributed by atoms with Crippen LogP contribution in [0.15, 0.2) is 72.8 Å². The van der Waals surface area contributed by atoms with E-state index < -0.39 is 6.04 Å².